The van der Waals surface area contributed by atoms with Gasteiger partial charge in [-0.15, -0.1) is 0 Å². The summed E-state index contributed by atoms with van der Waals surface area (Å²) in [6.45, 7) is -1.39. The van der Waals surface area contributed by atoms with Gasteiger partial charge in [0.1, 0.15) is 5.75 Å². The molecule has 4 atom stereocenters. The van der Waals surface area contributed by atoms with Crippen molar-refractivity contribution in [3.05, 3.63) is 29.8 Å². The molecule has 2 saturated carbocycles. The predicted octanol–water partition coefficient (Wildman–Crippen LogP) is 1.95. The molecule has 8 heteroatoms. The quantitative estimate of drug-likeness (QED) is 0.848. The number of benzene rings is 1. The van der Waals surface area contributed by atoms with Crippen LogP contribution in [0.3, 0.4) is 0 Å². The molecule has 1 aromatic rings. The molecule has 1 aliphatic heterocycles. The number of alkyl halides is 2. The summed E-state index contributed by atoms with van der Waals surface area (Å²) in [4.78, 5) is 29.1. The van der Waals surface area contributed by atoms with Crippen molar-refractivity contribution in [3.63, 3.8) is 0 Å². The Kier molecular flexibility index (Phi) is 5.23. The Balaban J connectivity index is 1.38. The number of rotatable bonds is 4. The van der Waals surface area contributed by atoms with E-state index in [4.69, 9.17) is 5.73 Å². The van der Waals surface area contributed by atoms with Gasteiger partial charge in [0, 0.05) is 32.2 Å². The first-order valence-corrected chi connectivity index (χ1v) is 9.83. The zero-order valence-corrected chi connectivity index (χ0v) is 15.6. The van der Waals surface area contributed by atoms with Crippen molar-refractivity contribution in [1.29, 1.82) is 0 Å². The molecule has 1 heterocycles. The Labute approximate surface area is 162 Å². The second-order valence-electron chi connectivity index (χ2n) is 7.93. The molecule has 3 fully saturated rings. The fourth-order valence-corrected chi connectivity index (χ4v) is 5.06. The molecule has 2 amide bonds. The molecule has 0 radical (unpaired) electrons. The molecule has 0 aromatic heterocycles. The van der Waals surface area contributed by atoms with Gasteiger partial charge in [-0.1, -0.05) is 12.1 Å². The van der Waals surface area contributed by atoms with Crippen LogP contribution in [0, 0.1) is 17.8 Å². The number of ether oxygens (including phenoxy) is 1. The minimum Gasteiger partial charge on any atom is -0.434 e. The number of para-hydroxylation sites is 1. The summed E-state index contributed by atoms with van der Waals surface area (Å²) >= 11 is 0. The largest absolute Gasteiger partial charge is 0.434 e. The zero-order valence-electron chi connectivity index (χ0n) is 15.6. The fourth-order valence-electron chi connectivity index (χ4n) is 5.06. The highest BCUT2D eigenvalue weighted by Gasteiger charge is 2.50. The second-order valence-corrected chi connectivity index (χ2v) is 7.93. The van der Waals surface area contributed by atoms with Gasteiger partial charge in [-0.2, -0.15) is 8.78 Å². The van der Waals surface area contributed by atoms with E-state index in [-0.39, 0.29) is 35.1 Å². The summed E-state index contributed by atoms with van der Waals surface area (Å²) < 4.78 is 29.6. The number of hydrogen-bond acceptors (Lipinski definition) is 4. The number of nitrogens with two attached hydrogens (primary N) is 1. The highest BCUT2D eigenvalue weighted by molar-refractivity contribution is 5.97. The van der Waals surface area contributed by atoms with E-state index in [0.717, 1.165) is 19.3 Å². The van der Waals surface area contributed by atoms with Crippen LogP contribution in [0.25, 0.3) is 0 Å². The molecule has 1 saturated heterocycles. The molecule has 4 rings (SSSR count). The van der Waals surface area contributed by atoms with Crippen molar-refractivity contribution >= 4 is 11.8 Å². The van der Waals surface area contributed by atoms with E-state index in [2.05, 4.69) is 4.74 Å². The van der Waals surface area contributed by atoms with E-state index in [1.165, 1.54) is 12.1 Å². The fraction of sp³-hybridized carbons (Fsp3) is 0.600. The first-order valence-electron chi connectivity index (χ1n) is 9.83. The van der Waals surface area contributed by atoms with Gasteiger partial charge >= 0.3 is 6.61 Å². The van der Waals surface area contributed by atoms with Crippen LogP contribution in [0.2, 0.25) is 0 Å². The molecule has 2 aliphatic carbocycles. The Hall–Kier alpha value is -2.22. The maximum atomic E-state index is 13.0. The molecular weight excluding hydrogens is 368 g/mol. The van der Waals surface area contributed by atoms with Crippen molar-refractivity contribution in [2.75, 3.05) is 26.2 Å². The third kappa shape index (κ3) is 3.45. The lowest BCUT2D eigenvalue weighted by molar-refractivity contribution is -0.139. The van der Waals surface area contributed by atoms with Gasteiger partial charge in [0.25, 0.3) is 5.91 Å². The molecule has 3 aliphatic rings. The van der Waals surface area contributed by atoms with Gasteiger partial charge < -0.3 is 20.3 Å². The highest BCUT2D eigenvalue weighted by Crippen LogP contribution is 2.48. The summed E-state index contributed by atoms with van der Waals surface area (Å²) in [6, 6.07) is 5.94. The summed E-state index contributed by atoms with van der Waals surface area (Å²) in [5, 5.41) is 0. The number of halogens is 2. The number of nitrogens with zero attached hydrogens (tertiary/aromatic N) is 2. The van der Waals surface area contributed by atoms with Gasteiger partial charge in [0.15, 0.2) is 0 Å². The molecule has 2 N–H and O–H groups in total. The van der Waals surface area contributed by atoms with Crippen LogP contribution < -0.4 is 10.5 Å². The first-order chi connectivity index (χ1) is 13.5. The van der Waals surface area contributed by atoms with Gasteiger partial charge in [-0.25, -0.2) is 0 Å². The van der Waals surface area contributed by atoms with Gasteiger partial charge in [0.2, 0.25) is 5.91 Å². The van der Waals surface area contributed by atoms with E-state index in [0.29, 0.717) is 38.0 Å². The van der Waals surface area contributed by atoms with Crippen molar-refractivity contribution in [3.8, 4) is 5.75 Å². The van der Waals surface area contributed by atoms with Crippen LogP contribution in [0.5, 0.6) is 5.75 Å². The third-order valence-corrected chi connectivity index (χ3v) is 6.48. The van der Waals surface area contributed by atoms with Crippen molar-refractivity contribution in [2.45, 2.75) is 31.9 Å². The topological polar surface area (TPSA) is 75.9 Å². The average Bonchev–Trinajstić information content (AvgIpc) is 3.28. The van der Waals surface area contributed by atoms with Crippen LogP contribution in [0.1, 0.15) is 29.6 Å². The number of carbonyl (C=O) groups excluding carboxylic acids is 2. The minimum absolute atomic E-state index is 0.0516. The number of carbonyl (C=O) groups is 2. The van der Waals surface area contributed by atoms with Crippen LogP contribution in [-0.2, 0) is 4.79 Å². The lowest BCUT2D eigenvalue weighted by atomic mass is 9.84. The summed E-state index contributed by atoms with van der Waals surface area (Å²) in [6.07, 6.45) is 3.25. The maximum Gasteiger partial charge on any atom is 0.387 e. The monoisotopic (exact) mass is 393 g/mol. The van der Waals surface area contributed by atoms with Crippen molar-refractivity contribution in [2.24, 2.45) is 23.5 Å². The molecule has 28 heavy (non-hydrogen) atoms. The molecule has 152 valence electrons. The average molecular weight is 393 g/mol. The second kappa shape index (κ2) is 7.66. The van der Waals surface area contributed by atoms with Crippen LogP contribution in [0.15, 0.2) is 24.3 Å². The van der Waals surface area contributed by atoms with Crippen LogP contribution in [-0.4, -0.2) is 60.4 Å². The van der Waals surface area contributed by atoms with E-state index < -0.39 is 6.61 Å². The van der Waals surface area contributed by atoms with Gasteiger partial charge in [0.05, 0.1) is 11.5 Å². The molecule has 6 nitrogen and oxygen atoms in total. The lowest BCUT2D eigenvalue weighted by Crippen LogP contribution is -2.54. The predicted molar refractivity (Wildman–Crippen MR) is 97.9 cm³/mol. The highest BCUT2D eigenvalue weighted by atomic mass is 19.3. The zero-order chi connectivity index (χ0) is 19.8. The Bertz CT molecular complexity index is 750. The van der Waals surface area contributed by atoms with Gasteiger partial charge in [-0.3, -0.25) is 9.59 Å². The molecule has 2 bridgehead atoms. The maximum absolute atomic E-state index is 13.0. The van der Waals surface area contributed by atoms with E-state index in [9.17, 15) is 18.4 Å². The smallest absolute Gasteiger partial charge is 0.387 e. The van der Waals surface area contributed by atoms with E-state index >= 15 is 0 Å². The first kappa shape index (κ1) is 19.1. The summed E-state index contributed by atoms with van der Waals surface area (Å²) in [5.74, 6) is 0.377. The third-order valence-electron chi connectivity index (χ3n) is 6.48. The minimum atomic E-state index is -2.99. The van der Waals surface area contributed by atoms with Crippen molar-refractivity contribution in [1.82, 2.24) is 9.80 Å². The normalized spacial score (nSPS) is 29.4. The lowest BCUT2D eigenvalue weighted by Gasteiger charge is -2.38. The molecular formula is C20H25F2N3O3. The standard InChI is InChI=1S/C20H25F2N3O3/c21-20(22)28-15-4-2-1-3-14(15)18(26)24-7-9-25(10-8-24)19(27)16-12-5-6-13(11-12)17(16)23/h1-4,12-13,16-17,20H,5-11,23H2. The Morgan fingerprint density at radius 3 is 2.32 bits per heavy atom. The molecule has 4 unspecified atom stereocenters. The van der Waals surface area contributed by atoms with E-state index in [1.54, 1.807) is 21.9 Å². The number of fused-ring (bicyclic) bond motifs is 2. The van der Waals surface area contributed by atoms with E-state index in [1.807, 2.05) is 0 Å². The Morgan fingerprint density at radius 2 is 1.68 bits per heavy atom. The van der Waals surface area contributed by atoms with Gasteiger partial charge in [-0.05, 0) is 43.2 Å². The summed E-state index contributed by atoms with van der Waals surface area (Å²) in [5.41, 5.74) is 6.40. The van der Waals surface area contributed by atoms with Crippen molar-refractivity contribution < 1.29 is 23.1 Å². The SMILES string of the molecule is NC1C2CCC(C2)C1C(=O)N1CCN(C(=O)c2ccccc2OC(F)F)CC1. The molecule has 1 aromatic carbocycles. The summed E-state index contributed by atoms with van der Waals surface area (Å²) in [7, 11) is 0. The van der Waals surface area contributed by atoms with Crippen LogP contribution in [0.4, 0.5) is 8.78 Å². The number of hydrogen-bond donors (Lipinski definition) is 1. The number of piperazine rings is 1. The number of amides is 2. The Morgan fingerprint density at radius 1 is 1.04 bits per heavy atom. The molecule has 0 spiro atoms. The van der Waals surface area contributed by atoms with Crippen LogP contribution >= 0.6 is 0 Å².